The third-order valence-corrected chi connectivity index (χ3v) is 5.39. The average Bonchev–Trinajstić information content (AvgIpc) is 3.04. The molecule has 0 bridgehead atoms. The Kier molecular flexibility index (Phi) is 6.15. The van der Waals surface area contributed by atoms with Crippen molar-refractivity contribution >= 4 is 23.4 Å². The van der Waals surface area contributed by atoms with Gasteiger partial charge in [0.15, 0.2) is 0 Å². The maximum atomic E-state index is 12.3. The Labute approximate surface area is 153 Å². The van der Waals surface area contributed by atoms with Crippen molar-refractivity contribution in [3.63, 3.8) is 0 Å². The van der Waals surface area contributed by atoms with Gasteiger partial charge < -0.3 is 15.2 Å². The number of thioether (sulfide) groups is 1. The van der Waals surface area contributed by atoms with Crippen LogP contribution in [0.5, 0.6) is 0 Å². The molecule has 1 fully saturated rings. The SMILES string of the molecule is CC(C)c1nccn1Cc1cccc(NC(=O)CC2CSCCN2)c1. The van der Waals surface area contributed by atoms with E-state index in [9.17, 15) is 4.79 Å². The van der Waals surface area contributed by atoms with Gasteiger partial charge >= 0.3 is 0 Å². The second-order valence-electron chi connectivity index (χ2n) is 6.75. The summed E-state index contributed by atoms with van der Waals surface area (Å²) in [4.78, 5) is 16.7. The van der Waals surface area contributed by atoms with Gasteiger partial charge in [-0.05, 0) is 17.7 Å². The largest absolute Gasteiger partial charge is 0.330 e. The molecule has 2 N–H and O–H groups in total. The summed E-state index contributed by atoms with van der Waals surface area (Å²) in [6.45, 7) is 6.04. The number of amides is 1. The van der Waals surface area contributed by atoms with Gasteiger partial charge in [0.2, 0.25) is 5.91 Å². The summed E-state index contributed by atoms with van der Waals surface area (Å²) in [5, 5.41) is 6.44. The van der Waals surface area contributed by atoms with E-state index in [1.165, 1.54) is 0 Å². The van der Waals surface area contributed by atoms with Crippen LogP contribution in [0.15, 0.2) is 36.7 Å². The van der Waals surface area contributed by atoms with Gasteiger partial charge in [0.25, 0.3) is 0 Å². The van der Waals surface area contributed by atoms with Crippen LogP contribution < -0.4 is 10.6 Å². The number of carbonyl (C=O) groups excluding carboxylic acids is 1. The third-order valence-electron chi connectivity index (χ3n) is 4.26. The number of nitrogens with one attached hydrogen (secondary N) is 2. The van der Waals surface area contributed by atoms with Gasteiger partial charge in [-0.15, -0.1) is 0 Å². The van der Waals surface area contributed by atoms with Crippen molar-refractivity contribution in [1.82, 2.24) is 14.9 Å². The standard InChI is InChI=1S/C19H26N4OS/c1-14(2)19-21-6-8-23(19)12-15-4-3-5-16(10-15)22-18(24)11-17-13-25-9-7-20-17/h3-6,8,10,14,17,20H,7,9,11-13H2,1-2H3,(H,22,24). The monoisotopic (exact) mass is 358 g/mol. The van der Waals surface area contributed by atoms with Crippen LogP contribution in [0.2, 0.25) is 0 Å². The van der Waals surface area contributed by atoms with Crippen molar-refractivity contribution in [3.8, 4) is 0 Å². The minimum atomic E-state index is 0.0719. The molecule has 1 aromatic heterocycles. The van der Waals surface area contributed by atoms with E-state index in [2.05, 4.69) is 40.1 Å². The summed E-state index contributed by atoms with van der Waals surface area (Å²) >= 11 is 1.91. The summed E-state index contributed by atoms with van der Waals surface area (Å²) in [7, 11) is 0. The fraction of sp³-hybridized carbons (Fsp3) is 0.474. The van der Waals surface area contributed by atoms with E-state index in [4.69, 9.17) is 0 Å². The van der Waals surface area contributed by atoms with E-state index in [1.54, 1.807) is 0 Å². The minimum absolute atomic E-state index is 0.0719. The highest BCUT2D eigenvalue weighted by atomic mass is 32.2. The number of anilines is 1. The molecule has 6 heteroatoms. The van der Waals surface area contributed by atoms with E-state index in [-0.39, 0.29) is 11.9 Å². The molecule has 0 spiro atoms. The number of carbonyl (C=O) groups is 1. The van der Waals surface area contributed by atoms with E-state index in [0.717, 1.165) is 41.7 Å². The molecule has 0 saturated carbocycles. The normalized spacial score (nSPS) is 17.6. The number of hydrogen-bond donors (Lipinski definition) is 2. The molecule has 0 aliphatic carbocycles. The summed E-state index contributed by atoms with van der Waals surface area (Å²) in [6.07, 6.45) is 4.37. The van der Waals surface area contributed by atoms with Crippen LogP contribution in [0.25, 0.3) is 0 Å². The molecule has 5 nitrogen and oxygen atoms in total. The van der Waals surface area contributed by atoms with Gasteiger partial charge in [-0.25, -0.2) is 4.98 Å². The Morgan fingerprint density at radius 2 is 2.36 bits per heavy atom. The van der Waals surface area contributed by atoms with Crippen molar-refractivity contribution in [2.45, 2.75) is 38.8 Å². The first-order valence-corrected chi connectivity index (χ1v) is 9.98. The predicted molar refractivity (Wildman–Crippen MR) is 104 cm³/mol. The van der Waals surface area contributed by atoms with Crippen molar-refractivity contribution in [2.24, 2.45) is 0 Å². The second kappa shape index (κ2) is 8.54. The Morgan fingerprint density at radius 1 is 1.48 bits per heavy atom. The Hall–Kier alpha value is -1.79. The van der Waals surface area contributed by atoms with Gasteiger partial charge in [0.1, 0.15) is 5.82 Å². The van der Waals surface area contributed by atoms with Crippen LogP contribution in [0, 0.1) is 0 Å². The fourth-order valence-corrected chi connectivity index (χ4v) is 4.03. The Bertz CT molecular complexity index is 707. The first-order chi connectivity index (χ1) is 12.1. The van der Waals surface area contributed by atoms with Gasteiger partial charge in [-0.3, -0.25) is 4.79 Å². The second-order valence-corrected chi connectivity index (χ2v) is 7.90. The van der Waals surface area contributed by atoms with Crippen molar-refractivity contribution in [1.29, 1.82) is 0 Å². The molecule has 1 unspecified atom stereocenters. The summed E-state index contributed by atoms with van der Waals surface area (Å²) in [5.41, 5.74) is 2.02. The molecule has 0 radical (unpaired) electrons. The number of rotatable bonds is 6. The summed E-state index contributed by atoms with van der Waals surface area (Å²) in [5.74, 6) is 3.68. The molecular formula is C19H26N4OS. The molecule has 1 aliphatic rings. The zero-order valence-corrected chi connectivity index (χ0v) is 15.7. The molecule has 25 heavy (non-hydrogen) atoms. The summed E-state index contributed by atoms with van der Waals surface area (Å²) < 4.78 is 2.16. The number of nitrogens with zero attached hydrogens (tertiary/aromatic N) is 2. The zero-order chi connectivity index (χ0) is 17.6. The smallest absolute Gasteiger partial charge is 0.225 e. The number of benzene rings is 1. The molecular weight excluding hydrogens is 332 g/mol. The van der Waals surface area contributed by atoms with E-state index in [0.29, 0.717) is 12.3 Å². The first kappa shape index (κ1) is 18.0. The van der Waals surface area contributed by atoms with Crippen molar-refractivity contribution < 1.29 is 4.79 Å². The summed E-state index contributed by atoms with van der Waals surface area (Å²) in [6, 6.07) is 8.35. The van der Waals surface area contributed by atoms with E-state index in [1.807, 2.05) is 42.4 Å². The van der Waals surface area contributed by atoms with Crippen LogP contribution in [0.1, 0.15) is 37.6 Å². The van der Waals surface area contributed by atoms with Crippen LogP contribution in [0.4, 0.5) is 5.69 Å². The van der Waals surface area contributed by atoms with Crippen molar-refractivity contribution in [3.05, 3.63) is 48.0 Å². The lowest BCUT2D eigenvalue weighted by Gasteiger charge is -2.22. The maximum absolute atomic E-state index is 12.3. The van der Waals surface area contributed by atoms with Crippen LogP contribution >= 0.6 is 11.8 Å². The molecule has 1 aromatic carbocycles. The van der Waals surface area contributed by atoms with Gasteiger partial charge in [-0.2, -0.15) is 11.8 Å². The topological polar surface area (TPSA) is 59.0 Å². The highest BCUT2D eigenvalue weighted by molar-refractivity contribution is 7.99. The number of imidazole rings is 1. The lowest BCUT2D eigenvalue weighted by atomic mass is 10.1. The highest BCUT2D eigenvalue weighted by Gasteiger charge is 2.16. The van der Waals surface area contributed by atoms with E-state index >= 15 is 0 Å². The molecule has 134 valence electrons. The molecule has 1 atom stereocenters. The molecule has 2 heterocycles. The minimum Gasteiger partial charge on any atom is -0.330 e. The molecule has 2 aromatic rings. The lowest BCUT2D eigenvalue weighted by molar-refractivity contribution is -0.116. The number of aromatic nitrogens is 2. The maximum Gasteiger partial charge on any atom is 0.225 e. The fourth-order valence-electron chi connectivity index (χ4n) is 3.09. The average molecular weight is 359 g/mol. The molecule has 1 amide bonds. The van der Waals surface area contributed by atoms with Gasteiger partial charge in [0.05, 0.1) is 0 Å². The Balaban J connectivity index is 1.61. The van der Waals surface area contributed by atoms with Crippen LogP contribution in [-0.4, -0.2) is 39.6 Å². The van der Waals surface area contributed by atoms with Gasteiger partial charge in [0, 0.05) is 61.1 Å². The van der Waals surface area contributed by atoms with Crippen LogP contribution in [0.3, 0.4) is 0 Å². The zero-order valence-electron chi connectivity index (χ0n) is 14.9. The number of hydrogen-bond acceptors (Lipinski definition) is 4. The lowest BCUT2D eigenvalue weighted by Crippen LogP contribution is -2.39. The third kappa shape index (κ3) is 5.09. The van der Waals surface area contributed by atoms with Gasteiger partial charge in [-0.1, -0.05) is 26.0 Å². The first-order valence-electron chi connectivity index (χ1n) is 8.83. The molecule has 3 rings (SSSR count). The van der Waals surface area contributed by atoms with E-state index < -0.39 is 0 Å². The Morgan fingerprint density at radius 3 is 3.12 bits per heavy atom. The quantitative estimate of drug-likeness (QED) is 0.833. The van der Waals surface area contributed by atoms with Crippen LogP contribution in [-0.2, 0) is 11.3 Å². The van der Waals surface area contributed by atoms with Crippen molar-refractivity contribution in [2.75, 3.05) is 23.4 Å². The molecule has 1 saturated heterocycles. The highest BCUT2D eigenvalue weighted by Crippen LogP contribution is 2.17. The predicted octanol–water partition coefficient (Wildman–Crippen LogP) is 3.09. The molecule has 1 aliphatic heterocycles.